The zero-order valence-electron chi connectivity index (χ0n) is 14.2. The van der Waals surface area contributed by atoms with Crippen molar-refractivity contribution in [2.24, 2.45) is 0 Å². The zero-order chi connectivity index (χ0) is 17.1. The number of rotatable bonds is 5. The summed E-state index contributed by atoms with van der Waals surface area (Å²) in [5.41, 5.74) is 2.26. The van der Waals surface area contributed by atoms with Gasteiger partial charge in [-0.2, -0.15) is 0 Å². The Bertz CT molecular complexity index is 928. The number of aromatic nitrogens is 1. The fraction of sp³-hybridized carbons (Fsp3) is 0.250. The number of fused-ring (bicyclic) bond motifs is 1. The van der Waals surface area contributed by atoms with E-state index >= 15 is 0 Å². The first-order valence-corrected chi connectivity index (χ1v) is 7.93. The molecule has 3 aromatic rings. The van der Waals surface area contributed by atoms with Gasteiger partial charge < -0.3 is 14.0 Å². The molecule has 124 valence electrons. The molecule has 0 spiro atoms. The van der Waals surface area contributed by atoms with Crippen LogP contribution in [0.15, 0.2) is 53.5 Å². The smallest absolute Gasteiger partial charge is 0.258 e. The molecule has 0 fully saturated rings. The van der Waals surface area contributed by atoms with E-state index in [4.69, 9.17) is 9.47 Å². The topological polar surface area (TPSA) is 40.5 Å². The maximum absolute atomic E-state index is 12.6. The molecule has 0 aliphatic heterocycles. The molecule has 1 heterocycles. The summed E-state index contributed by atoms with van der Waals surface area (Å²) in [6, 6.07) is 13.6. The average Bonchev–Trinajstić information content (AvgIpc) is 2.63. The van der Waals surface area contributed by atoms with Crippen LogP contribution in [-0.2, 0) is 13.0 Å². The van der Waals surface area contributed by atoms with Gasteiger partial charge in [0.05, 0.1) is 14.2 Å². The molecule has 0 aliphatic carbocycles. The van der Waals surface area contributed by atoms with Gasteiger partial charge in [-0.15, -0.1) is 0 Å². The lowest BCUT2D eigenvalue weighted by atomic mass is 10.1. The Morgan fingerprint density at radius 3 is 2.38 bits per heavy atom. The van der Waals surface area contributed by atoms with Gasteiger partial charge in [0.1, 0.15) is 0 Å². The van der Waals surface area contributed by atoms with Gasteiger partial charge in [0.25, 0.3) is 5.56 Å². The third-order valence-corrected chi connectivity index (χ3v) is 4.28. The molecule has 0 bridgehead atoms. The number of benzene rings is 2. The van der Waals surface area contributed by atoms with E-state index in [0.717, 1.165) is 28.3 Å². The summed E-state index contributed by atoms with van der Waals surface area (Å²) in [7, 11) is 3.24. The Labute approximate surface area is 141 Å². The van der Waals surface area contributed by atoms with E-state index in [-0.39, 0.29) is 5.56 Å². The lowest BCUT2D eigenvalue weighted by Gasteiger charge is -2.12. The van der Waals surface area contributed by atoms with Crippen LogP contribution in [-0.4, -0.2) is 18.8 Å². The minimum atomic E-state index is 0.0525. The first-order chi connectivity index (χ1) is 11.6. The van der Waals surface area contributed by atoms with E-state index in [0.29, 0.717) is 18.0 Å². The van der Waals surface area contributed by atoms with Crippen molar-refractivity contribution < 1.29 is 9.47 Å². The molecular weight excluding hydrogens is 302 g/mol. The Hall–Kier alpha value is -2.75. The number of hydrogen-bond donors (Lipinski definition) is 0. The number of nitrogens with zero attached hydrogens (tertiary/aromatic N) is 1. The van der Waals surface area contributed by atoms with Crippen molar-refractivity contribution in [3.63, 3.8) is 0 Å². The molecule has 0 saturated carbocycles. The predicted octanol–water partition coefficient (Wildman–Crippen LogP) is 3.57. The molecule has 24 heavy (non-hydrogen) atoms. The number of pyridine rings is 1. The molecule has 0 N–H and O–H groups in total. The number of aryl methyl sites for hydroxylation is 3. The van der Waals surface area contributed by atoms with E-state index in [1.54, 1.807) is 18.8 Å². The highest BCUT2D eigenvalue weighted by atomic mass is 16.5. The van der Waals surface area contributed by atoms with Crippen LogP contribution in [0.25, 0.3) is 10.8 Å². The number of hydrogen-bond acceptors (Lipinski definition) is 3. The highest BCUT2D eigenvalue weighted by molar-refractivity contribution is 5.84. The molecule has 4 heteroatoms. The van der Waals surface area contributed by atoms with Gasteiger partial charge in [-0.05, 0) is 48.1 Å². The van der Waals surface area contributed by atoms with Crippen molar-refractivity contribution in [2.75, 3.05) is 14.2 Å². The van der Waals surface area contributed by atoms with Gasteiger partial charge in [0.15, 0.2) is 11.5 Å². The third-order valence-electron chi connectivity index (χ3n) is 4.28. The molecule has 0 atom stereocenters. The second kappa shape index (κ2) is 6.79. The van der Waals surface area contributed by atoms with Crippen molar-refractivity contribution in [2.45, 2.75) is 19.9 Å². The maximum Gasteiger partial charge on any atom is 0.258 e. The van der Waals surface area contributed by atoms with E-state index < -0.39 is 0 Å². The third kappa shape index (κ3) is 3.00. The maximum atomic E-state index is 12.6. The summed E-state index contributed by atoms with van der Waals surface area (Å²) in [4.78, 5) is 12.6. The van der Waals surface area contributed by atoms with Crippen LogP contribution in [0, 0.1) is 6.92 Å². The van der Waals surface area contributed by atoms with Crippen LogP contribution in [0.4, 0.5) is 0 Å². The van der Waals surface area contributed by atoms with Crippen LogP contribution in [0.3, 0.4) is 0 Å². The average molecular weight is 323 g/mol. The molecule has 0 saturated heterocycles. The van der Waals surface area contributed by atoms with Crippen molar-refractivity contribution in [1.29, 1.82) is 0 Å². The molecule has 4 nitrogen and oxygen atoms in total. The first kappa shape index (κ1) is 16.1. The number of methoxy groups -OCH3 is 2. The second-order valence-corrected chi connectivity index (χ2v) is 5.80. The normalized spacial score (nSPS) is 10.8. The SMILES string of the molecule is COc1ccc(CCn2cc(C)c3ccccc3c2=O)cc1OC. The van der Waals surface area contributed by atoms with Gasteiger partial charge in [-0.3, -0.25) is 4.79 Å². The van der Waals surface area contributed by atoms with Crippen molar-refractivity contribution in [1.82, 2.24) is 4.57 Å². The van der Waals surface area contributed by atoms with Gasteiger partial charge in [0, 0.05) is 18.1 Å². The molecule has 1 aromatic heterocycles. The summed E-state index contributed by atoms with van der Waals surface area (Å²) >= 11 is 0. The quantitative estimate of drug-likeness (QED) is 0.721. The van der Waals surface area contributed by atoms with Gasteiger partial charge in [0.2, 0.25) is 0 Å². The Kier molecular flexibility index (Phi) is 4.56. The highest BCUT2D eigenvalue weighted by Gasteiger charge is 2.08. The van der Waals surface area contributed by atoms with Crippen LogP contribution in [0.5, 0.6) is 11.5 Å². The van der Waals surface area contributed by atoms with Crippen LogP contribution in [0.1, 0.15) is 11.1 Å². The van der Waals surface area contributed by atoms with Gasteiger partial charge in [-0.25, -0.2) is 0 Å². The largest absolute Gasteiger partial charge is 0.493 e. The van der Waals surface area contributed by atoms with Gasteiger partial charge in [-0.1, -0.05) is 24.3 Å². The molecule has 3 rings (SSSR count). The van der Waals surface area contributed by atoms with Crippen LogP contribution < -0.4 is 15.0 Å². The minimum absolute atomic E-state index is 0.0525. The fourth-order valence-electron chi connectivity index (χ4n) is 2.98. The minimum Gasteiger partial charge on any atom is -0.493 e. The standard InChI is InChI=1S/C20H21NO3/c1-14-13-21(20(22)17-7-5-4-6-16(14)17)11-10-15-8-9-18(23-2)19(12-15)24-3/h4-9,12-13H,10-11H2,1-3H3. The molecule has 0 radical (unpaired) electrons. The first-order valence-electron chi connectivity index (χ1n) is 7.93. The Morgan fingerprint density at radius 2 is 1.67 bits per heavy atom. The Balaban J connectivity index is 1.89. The summed E-state index contributed by atoms with van der Waals surface area (Å²) in [5.74, 6) is 1.41. The fourth-order valence-corrected chi connectivity index (χ4v) is 2.98. The molecular formula is C20H21NO3. The molecule has 0 unspecified atom stereocenters. The zero-order valence-corrected chi connectivity index (χ0v) is 14.2. The van der Waals surface area contributed by atoms with E-state index in [1.807, 2.05) is 55.6 Å². The monoisotopic (exact) mass is 323 g/mol. The molecule has 2 aromatic carbocycles. The predicted molar refractivity (Wildman–Crippen MR) is 96.2 cm³/mol. The van der Waals surface area contributed by atoms with Crippen LogP contribution >= 0.6 is 0 Å². The van der Waals surface area contributed by atoms with E-state index in [1.165, 1.54) is 0 Å². The summed E-state index contributed by atoms with van der Waals surface area (Å²) in [5, 5.41) is 1.79. The lowest BCUT2D eigenvalue weighted by Crippen LogP contribution is -2.21. The second-order valence-electron chi connectivity index (χ2n) is 5.80. The van der Waals surface area contributed by atoms with Gasteiger partial charge >= 0.3 is 0 Å². The lowest BCUT2D eigenvalue weighted by molar-refractivity contribution is 0.354. The summed E-state index contributed by atoms with van der Waals surface area (Å²) in [6.07, 6.45) is 2.68. The molecule has 0 aliphatic rings. The van der Waals surface area contributed by atoms with Crippen molar-refractivity contribution in [3.05, 3.63) is 70.1 Å². The molecule has 0 amide bonds. The number of ether oxygens (including phenoxy) is 2. The summed E-state index contributed by atoms with van der Waals surface area (Å²) in [6.45, 7) is 2.66. The van der Waals surface area contributed by atoms with Crippen LogP contribution in [0.2, 0.25) is 0 Å². The summed E-state index contributed by atoms with van der Waals surface area (Å²) < 4.78 is 12.4. The van der Waals surface area contributed by atoms with E-state index in [2.05, 4.69) is 0 Å². The van der Waals surface area contributed by atoms with Crippen molar-refractivity contribution in [3.8, 4) is 11.5 Å². The van der Waals surface area contributed by atoms with Crippen molar-refractivity contribution >= 4 is 10.8 Å². The highest BCUT2D eigenvalue weighted by Crippen LogP contribution is 2.27. The Morgan fingerprint density at radius 1 is 0.958 bits per heavy atom. The van der Waals surface area contributed by atoms with E-state index in [9.17, 15) is 4.79 Å².